The smallest absolute Gasteiger partial charge is 0.319 e. The summed E-state index contributed by atoms with van der Waals surface area (Å²) >= 11 is 0. The van der Waals surface area contributed by atoms with Crippen LogP contribution in [0, 0.1) is 0 Å². The summed E-state index contributed by atoms with van der Waals surface area (Å²) in [7, 11) is 0. The number of urea groups is 1. The lowest BCUT2D eigenvalue weighted by atomic mass is 10.3. The number of ether oxygens (including phenoxy) is 2. The maximum absolute atomic E-state index is 12.0. The Bertz CT molecular complexity index is 910. The minimum Gasteiger partial charge on any atom is -0.454 e. The number of amides is 2. The molecule has 8 nitrogen and oxygen atoms in total. The van der Waals surface area contributed by atoms with E-state index in [1.165, 1.54) is 0 Å². The van der Waals surface area contributed by atoms with Crippen LogP contribution in [-0.4, -0.2) is 34.1 Å². The van der Waals surface area contributed by atoms with E-state index in [1.54, 1.807) is 29.1 Å². The summed E-state index contributed by atoms with van der Waals surface area (Å²) in [6.45, 7) is 1.20. The molecule has 3 heterocycles. The van der Waals surface area contributed by atoms with E-state index in [-0.39, 0.29) is 12.8 Å². The number of aromatic nitrogens is 3. The second-order valence-electron chi connectivity index (χ2n) is 5.63. The van der Waals surface area contributed by atoms with Crippen LogP contribution in [0.25, 0.3) is 11.4 Å². The van der Waals surface area contributed by atoms with E-state index in [1.807, 2.05) is 30.5 Å². The molecule has 0 unspecified atom stereocenters. The number of pyridine rings is 1. The first kappa shape index (κ1) is 15.9. The summed E-state index contributed by atoms with van der Waals surface area (Å²) in [6, 6.07) is 12.6. The van der Waals surface area contributed by atoms with Gasteiger partial charge < -0.3 is 20.1 Å². The van der Waals surface area contributed by atoms with Gasteiger partial charge >= 0.3 is 6.03 Å². The molecule has 0 saturated carbocycles. The highest BCUT2D eigenvalue weighted by Crippen LogP contribution is 2.34. The highest BCUT2D eigenvalue weighted by Gasteiger charge is 2.14. The first-order valence-electron chi connectivity index (χ1n) is 8.17. The molecule has 0 fully saturated rings. The van der Waals surface area contributed by atoms with Crippen molar-refractivity contribution in [3.63, 3.8) is 0 Å². The minimum atomic E-state index is -0.291. The van der Waals surface area contributed by atoms with Gasteiger partial charge in [0.25, 0.3) is 0 Å². The average Bonchev–Trinajstić information content (AvgIpc) is 3.31. The number of anilines is 1. The van der Waals surface area contributed by atoms with Gasteiger partial charge in [0.2, 0.25) is 6.79 Å². The molecule has 3 aromatic rings. The number of carbonyl (C=O) groups excluding carboxylic acids is 1. The first-order valence-corrected chi connectivity index (χ1v) is 8.17. The number of fused-ring (bicyclic) bond motifs is 1. The molecular weight excluding hydrogens is 334 g/mol. The molecule has 4 rings (SSSR count). The average molecular weight is 351 g/mol. The zero-order valence-corrected chi connectivity index (χ0v) is 13.9. The van der Waals surface area contributed by atoms with Crippen molar-refractivity contribution in [1.29, 1.82) is 0 Å². The van der Waals surface area contributed by atoms with Crippen LogP contribution in [0.4, 0.5) is 10.5 Å². The first-order chi connectivity index (χ1) is 12.8. The fraction of sp³-hybridized carbons (Fsp3) is 0.167. The van der Waals surface area contributed by atoms with Crippen LogP contribution in [0.2, 0.25) is 0 Å². The number of hydrogen-bond donors (Lipinski definition) is 2. The second kappa shape index (κ2) is 7.14. The van der Waals surface area contributed by atoms with Crippen molar-refractivity contribution >= 4 is 11.7 Å². The van der Waals surface area contributed by atoms with Gasteiger partial charge in [-0.05, 0) is 30.3 Å². The number of nitrogens with zero attached hydrogens (tertiary/aromatic N) is 3. The third-order valence-electron chi connectivity index (χ3n) is 3.82. The highest BCUT2D eigenvalue weighted by atomic mass is 16.7. The van der Waals surface area contributed by atoms with Gasteiger partial charge in [0.1, 0.15) is 5.69 Å². The zero-order valence-electron chi connectivity index (χ0n) is 13.9. The summed E-state index contributed by atoms with van der Waals surface area (Å²) in [4.78, 5) is 16.3. The molecule has 132 valence electrons. The molecule has 0 aliphatic carbocycles. The third kappa shape index (κ3) is 3.59. The Hall–Kier alpha value is -3.55. The van der Waals surface area contributed by atoms with Gasteiger partial charge in [0.15, 0.2) is 11.5 Å². The lowest BCUT2D eigenvalue weighted by Crippen LogP contribution is -2.31. The molecule has 0 saturated heterocycles. The maximum Gasteiger partial charge on any atom is 0.319 e. The van der Waals surface area contributed by atoms with Crippen LogP contribution in [0.5, 0.6) is 11.5 Å². The van der Waals surface area contributed by atoms with E-state index in [9.17, 15) is 4.79 Å². The maximum atomic E-state index is 12.0. The van der Waals surface area contributed by atoms with Crippen molar-refractivity contribution in [2.75, 3.05) is 18.7 Å². The number of carbonyl (C=O) groups is 1. The van der Waals surface area contributed by atoms with E-state index >= 15 is 0 Å². The number of nitrogens with one attached hydrogen (secondary N) is 2. The van der Waals surface area contributed by atoms with Crippen molar-refractivity contribution in [2.24, 2.45) is 0 Å². The summed E-state index contributed by atoms with van der Waals surface area (Å²) < 4.78 is 12.3. The lowest BCUT2D eigenvalue weighted by Gasteiger charge is -2.08. The van der Waals surface area contributed by atoms with Gasteiger partial charge in [-0.25, -0.2) is 4.79 Å². The molecule has 1 aliphatic rings. The summed E-state index contributed by atoms with van der Waals surface area (Å²) in [5, 5.41) is 10.0. The number of rotatable bonds is 5. The molecule has 0 spiro atoms. The molecule has 2 amide bonds. The van der Waals surface area contributed by atoms with Crippen molar-refractivity contribution in [3.05, 3.63) is 54.9 Å². The van der Waals surface area contributed by atoms with Gasteiger partial charge in [-0.1, -0.05) is 6.07 Å². The van der Waals surface area contributed by atoms with Gasteiger partial charge in [0.05, 0.1) is 12.2 Å². The number of benzene rings is 1. The lowest BCUT2D eigenvalue weighted by molar-refractivity contribution is 0.174. The molecule has 2 aromatic heterocycles. The fourth-order valence-electron chi connectivity index (χ4n) is 2.57. The van der Waals surface area contributed by atoms with Crippen molar-refractivity contribution in [3.8, 4) is 22.9 Å². The predicted molar refractivity (Wildman–Crippen MR) is 95.0 cm³/mol. The molecule has 1 aromatic carbocycles. The van der Waals surface area contributed by atoms with Crippen LogP contribution in [-0.2, 0) is 6.54 Å². The van der Waals surface area contributed by atoms with E-state index < -0.39 is 0 Å². The van der Waals surface area contributed by atoms with Gasteiger partial charge in [-0.3, -0.25) is 9.67 Å². The van der Waals surface area contributed by atoms with Crippen molar-refractivity contribution in [2.45, 2.75) is 6.54 Å². The Morgan fingerprint density at radius 1 is 1.12 bits per heavy atom. The SMILES string of the molecule is O=C(NCCn1ccc(-c2ccccn2)n1)Nc1ccc2c(c1)OCO2. The molecule has 2 N–H and O–H groups in total. The monoisotopic (exact) mass is 351 g/mol. The van der Waals surface area contributed by atoms with Crippen LogP contribution < -0.4 is 20.1 Å². The minimum absolute atomic E-state index is 0.204. The topological polar surface area (TPSA) is 90.3 Å². The van der Waals surface area contributed by atoms with E-state index in [2.05, 4.69) is 20.7 Å². The van der Waals surface area contributed by atoms with Crippen LogP contribution in [0.3, 0.4) is 0 Å². The summed E-state index contributed by atoms with van der Waals surface area (Å²) in [5.41, 5.74) is 2.26. The Labute approximate surface area is 149 Å². The Morgan fingerprint density at radius 3 is 2.92 bits per heavy atom. The molecular formula is C18H17N5O3. The van der Waals surface area contributed by atoms with Gasteiger partial charge in [-0.2, -0.15) is 5.10 Å². The van der Waals surface area contributed by atoms with Crippen molar-refractivity contribution in [1.82, 2.24) is 20.1 Å². The van der Waals surface area contributed by atoms with E-state index in [4.69, 9.17) is 9.47 Å². The summed E-state index contributed by atoms with van der Waals surface area (Å²) in [5.74, 6) is 1.31. The Kier molecular flexibility index (Phi) is 4.38. The molecule has 0 atom stereocenters. The largest absolute Gasteiger partial charge is 0.454 e. The van der Waals surface area contributed by atoms with E-state index in [0.29, 0.717) is 30.3 Å². The quantitative estimate of drug-likeness (QED) is 0.737. The molecule has 0 bridgehead atoms. The number of hydrogen-bond acceptors (Lipinski definition) is 5. The standard InChI is InChI=1S/C18H17N5O3/c24-18(21-13-4-5-16-17(11-13)26-12-25-16)20-8-10-23-9-6-15(22-23)14-3-1-2-7-19-14/h1-7,9,11H,8,10,12H2,(H2,20,21,24). The van der Waals surface area contributed by atoms with Crippen LogP contribution in [0.15, 0.2) is 54.9 Å². The Morgan fingerprint density at radius 2 is 2.04 bits per heavy atom. The van der Waals surface area contributed by atoms with Crippen LogP contribution >= 0.6 is 0 Å². The van der Waals surface area contributed by atoms with Crippen LogP contribution in [0.1, 0.15) is 0 Å². The zero-order chi connectivity index (χ0) is 17.8. The normalized spacial score (nSPS) is 12.0. The Balaban J connectivity index is 1.27. The molecule has 1 aliphatic heterocycles. The van der Waals surface area contributed by atoms with Gasteiger partial charge in [0, 0.05) is 30.7 Å². The second-order valence-corrected chi connectivity index (χ2v) is 5.63. The fourth-order valence-corrected chi connectivity index (χ4v) is 2.57. The van der Waals surface area contributed by atoms with E-state index in [0.717, 1.165) is 11.4 Å². The molecule has 0 radical (unpaired) electrons. The molecule has 8 heteroatoms. The highest BCUT2D eigenvalue weighted by molar-refractivity contribution is 5.89. The third-order valence-corrected chi connectivity index (χ3v) is 3.82. The van der Waals surface area contributed by atoms with Crippen molar-refractivity contribution < 1.29 is 14.3 Å². The summed E-state index contributed by atoms with van der Waals surface area (Å²) in [6.07, 6.45) is 3.60. The predicted octanol–water partition coefficient (Wildman–Crippen LogP) is 2.50. The van der Waals surface area contributed by atoms with Gasteiger partial charge in [-0.15, -0.1) is 0 Å². The molecule has 26 heavy (non-hydrogen) atoms.